The zero-order valence-corrected chi connectivity index (χ0v) is 13.3. The number of carbonyl (C=O) groups excluding carboxylic acids is 1. The van der Waals surface area contributed by atoms with Crippen LogP contribution in [0.15, 0.2) is 35.3 Å². The highest BCUT2D eigenvalue weighted by Gasteiger charge is 2.26. The van der Waals surface area contributed by atoms with Gasteiger partial charge in [-0.3, -0.25) is 9.59 Å². The number of nitrogens with zero attached hydrogens (tertiary/aromatic N) is 1. The van der Waals surface area contributed by atoms with Crippen molar-refractivity contribution in [2.45, 2.75) is 25.7 Å². The second-order valence-corrected chi connectivity index (χ2v) is 6.13. The molecule has 1 amide bonds. The van der Waals surface area contributed by atoms with E-state index in [0.717, 1.165) is 11.6 Å². The Bertz CT molecular complexity index is 824. The van der Waals surface area contributed by atoms with E-state index in [9.17, 15) is 18.4 Å². The molecule has 0 bridgehead atoms. The number of halogens is 2. The maximum Gasteiger partial charge on any atom is 0.259 e. The molecule has 0 spiro atoms. The Hall–Kier alpha value is -2.50. The van der Waals surface area contributed by atoms with Crippen molar-refractivity contribution in [2.75, 3.05) is 13.1 Å². The number of benzene rings is 1. The number of carbonyl (C=O) groups is 1. The van der Waals surface area contributed by atoms with Gasteiger partial charge >= 0.3 is 0 Å². The summed E-state index contributed by atoms with van der Waals surface area (Å²) >= 11 is 0. The van der Waals surface area contributed by atoms with Gasteiger partial charge in [-0.1, -0.05) is 6.07 Å². The smallest absolute Gasteiger partial charge is 0.259 e. The van der Waals surface area contributed by atoms with E-state index in [1.54, 1.807) is 17.9 Å². The molecule has 4 nitrogen and oxygen atoms in total. The highest BCUT2D eigenvalue weighted by atomic mass is 19.2. The number of rotatable bonds is 2. The number of hydrogen-bond acceptors (Lipinski definition) is 2. The fourth-order valence-electron chi connectivity index (χ4n) is 3.09. The van der Waals surface area contributed by atoms with Gasteiger partial charge in [-0.05, 0) is 43.4 Å². The van der Waals surface area contributed by atoms with Crippen LogP contribution in [0.2, 0.25) is 0 Å². The van der Waals surface area contributed by atoms with Crippen LogP contribution in [0.25, 0.3) is 0 Å². The first-order valence-corrected chi connectivity index (χ1v) is 7.89. The summed E-state index contributed by atoms with van der Waals surface area (Å²) in [6.07, 6.45) is 2.75. The fraction of sp³-hybridized carbons (Fsp3) is 0.333. The molecule has 1 aliphatic rings. The van der Waals surface area contributed by atoms with Crippen molar-refractivity contribution in [1.82, 2.24) is 9.88 Å². The van der Waals surface area contributed by atoms with Crippen molar-refractivity contribution >= 4 is 5.91 Å². The normalized spacial score (nSPS) is 15.5. The van der Waals surface area contributed by atoms with Crippen LogP contribution < -0.4 is 5.43 Å². The first-order chi connectivity index (χ1) is 11.5. The van der Waals surface area contributed by atoms with Crippen LogP contribution in [0.5, 0.6) is 0 Å². The lowest BCUT2D eigenvalue weighted by Crippen LogP contribution is -2.39. The topological polar surface area (TPSA) is 53.2 Å². The van der Waals surface area contributed by atoms with Crippen LogP contribution >= 0.6 is 0 Å². The van der Waals surface area contributed by atoms with Gasteiger partial charge in [0.15, 0.2) is 17.1 Å². The number of nitrogens with one attached hydrogen (secondary N) is 1. The molecule has 6 heteroatoms. The van der Waals surface area contributed by atoms with E-state index in [1.807, 2.05) is 0 Å². The Balaban J connectivity index is 1.69. The van der Waals surface area contributed by atoms with E-state index in [2.05, 4.69) is 4.98 Å². The summed E-state index contributed by atoms with van der Waals surface area (Å²) in [5.74, 6) is -1.91. The second-order valence-electron chi connectivity index (χ2n) is 6.13. The molecular formula is C18H18F2N2O2. The van der Waals surface area contributed by atoms with Crippen LogP contribution in [0.4, 0.5) is 8.78 Å². The first kappa shape index (κ1) is 16.4. The predicted molar refractivity (Wildman–Crippen MR) is 86.0 cm³/mol. The van der Waals surface area contributed by atoms with E-state index in [0.29, 0.717) is 31.6 Å². The molecule has 24 heavy (non-hydrogen) atoms. The van der Waals surface area contributed by atoms with Gasteiger partial charge in [0, 0.05) is 31.0 Å². The van der Waals surface area contributed by atoms with E-state index >= 15 is 0 Å². The van der Waals surface area contributed by atoms with Gasteiger partial charge in [0.2, 0.25) is 0 Å². The van der Waals surface area contributed by atoms with E-state index in [-0.39, 0.29) is 22.8 Å². The molecule has 2 heterocycles. The van der Waals surface area contributed by atoms with Crippen molar-refractivity contribution < 1.29 is 13.6 Å². The van der Waals surface area contributed by atoms with Crippen molar-refractivity contribution in [3.63, 3.8) is 0 Å². The number of H-pyrrole nitrogens is 1. The minimum atomic E-state index is -0.857. The number of aryl methyl sites for hydroxylation is 1. The summed E-state index contributed by atoms with van der Waals surface area (Å²) in [5, 5.41) is 0. The molecule has 0 atom stereocenters. The quantitative estimate of drug-likeness (QED) is 0.919. The van der Waals surface area contributed by atoms with Crippen molar-refractivity contribution in [3.05, 3.63) is 69.1 Å². The van der Waals surface area contributed by atoms with Gasteiger partial charge in [-0.15, -0.1) is 0 Å². The summed E-state index contributed by atoms with van der Waals surface area (Å²) in [5.41, 5.74) is 1.29. The first-order valence-electron chi connectivity index (χ1n) is 7.89. The zero-order valence-electron chi connectivity index (χ0n) is 13.3. The molecule has 1 fully saturated rings. The van der Waals surface area contributed by atoms with Gasteiger partial charge in [-0.2, -0.15) is 0 Å². The third kappa shape index (κ3) is 3.22. The number of pyridine rings is 1. The van der Waals surface area contributed by atoms with Crippen LogP contribution in [-0.4, -0.2) is 28.9 Å². The number of amides is 1. The van der Waals surface area contributed by atoms with Gasteiger partial charge in [-0.25, -0.2) is 8.78 Å². The average Bonchev–Trinajstić information content (AvgIpc) is 2.57. The summed E-state index contributed by atoms with van der Waals surface area (Å²) in [7, 11) is 0. The zero-order chi connectivity index (χ0) is 17.3. The lowest BCUT2D eigenvalue weighted by Gasteiger charge is -2.32. The molecule has 3 rings (SSSR count). The number of hydrogen-bond donors (Lipinski definition) is 1. The molecule has 126 valence electrons. The third-order valence-corrected chi connectivity index (χ3v) is 4.48. The fourth-order valence-corrected chi connectivity index (χ4v) is 3.09. The summed E-state index contributed by atoms with van der Waals surface area (Å²) in [4.78, 5) is 28.9. The minimum Gasteiger partial charge on any atom is -0.364 e. The Morgan fingerprint density at radius 2 is 1.88 bits per heavy atom. The monoisotopic (exact) mass is 332 g/mol. The van der Waals surface area contributed by atoms with Gasteiger partial charge in [0.25, 0.3) is 5.91 Å². The Kier molecular flexibility index (Phi) is 4.46. The molecule has 0 unspecified atom stereocenters. The number of aromatic nitrogens is 1. The number of aromatic amines is 1. The van der Waals surface area contributed by atoms with Crippen LogP contribution in [0.1, 0.15) is 40.4 Å². The Morgan fingerprint density at radius 3 is 2.50 bits per heavy atom. The summed E-state index contributed by atoms with van der Waals surface area (Å²) < 4.78 is 26.4. The van der Waals surface area contributed by atoms with E-state index < -0.39 is 11.6 Å². The molecule has 1 N–H and O–H groups in total. The minimum absolute atomic E-state index is 0.0838. The van der Waals surface area contributed by atoms with Gasteiger partial charge in [0.05, 0.1) is 0 Å². The summed E-state index contributed by atoms with van der Waals surface area (Å²) in [6, 6.07) is 5.35. The van der Waals surface area contributed by atoms with Crippen molar-refractivity contribution in [3.8, 4) is 0 Å². The third-order valence-electron chi connectivity index (χ3n) is 4.48. The molecule has 2 aromatic rings. The molecule has 1 aromatic heterocycles. The Morgan fingerprint density at radius 1 is 1.17 bits per heavy atom. The summed E-state index contributed by atoms with van der Waals surface area (Å²) in [6.45, 7) is 2.72. The SMILES string of the molecule is Cc1cc(=O)c(C(=O)N2CCC(c3ccc(F)c(F)c3)CC2)c[nH]1. The number of likely N-dealkylation sites (tertiary alicyclic amines) is 1. The predicted octanol–water partition coefficient (Wildman–Crippen LogP) is 2.98. The Labute approximate surface area is 138 Å². The molecular weight excluding hydrogens is 314 g/mol. The molecule has 1 saturated heterocycles. The second kappa shape index (κ2) is 6.55. The van der Waals surface area contributed by atoms with Crippen LogP contribution in [0, 0.1) is 18.6 Å². The maximum atomic E-state index is 13.4. The average molecular weight is 332 g/mol. The maximum absolute atomic E-state index is 13.4. The molecule has 0 saturated carbocycles. The van der Waals surface area contributed by atoms with Gasteiger partial charge in [0.1, 0.15) is 5.56 Å². The largest absolute Gasteiger partial charge is 0.364 e. The lowest BCUT2D eigenvalue weighted by molar-refractivity contribution is 0.0711. The van der Waals surface area contributed by atoms with Crippen LogP contribution in [0.3, 0.4) is 0 Å². The van der Waals surface area contributed by atoms with Crippen molar-refractivity contribution in [1.29, 1.82) is 0 Å². The lowest BCUT2D eigenvalue weighted by atomic mass is 9.89. The molecule has 0 aliphatic carbocycles. The highest BCUT2D eigenvalue weighted by molar-refractivity contribution is 5.93. The highest BCUT2D eigenvalue weighted by Crippen LogP contribution is 2.29. The van der Waals surface area contributed by atoms with E-state index in [4.69, 9.17) is 0 Å². The number of piperidine rings is 1. The van der Waals surface area contributed by atoms with Crippen LogP contribution in [-0.2, 0) is 0 Å². The molecule has 0 radical (unpaired) electrons. The van der Waals surface area contributed by atoms with E-state index in [1.165, 1.54) is 18.3 Å². The van der Waals surface area contributed by atoms with Crippen molar-refractivity contribution in [2.24, 2.45) is 0 Å². The molecule has 1 aliphatic heterocycles. The van der Waals surface area contributed by atoms with Gasteiger partial charge < -0.3 is 9.88 Å². The standard InChI is InChI=1S/C18H18F2N2O2/c1-11-8-17(23)14(10-21-11)18(24)22-6-4-12(5-7-22)13-2-3-15(19)16(20)9-13/h2-3,8-10,12H,4-7H2,1H3,(H,21,23). The molecule has 1 aromatic carbocycles.